The number of carboxylic acids is 1. The minimum Gasteiger partial charge on any atom is -0.492 e. The fourth-order valence-corrected chi connectivity index (χ4v) is 3.85. The Morgan fingerprint density at radius 3 is 2.77 bits per heavy atom. The molecule has 0 fully saturated rings. The molecule has 9 heteroatoms. The Labute approximate surface area is 202 Å². The van der Waals surface area contributed by atoms with E-state index in [2.05, 4.69) is 26.7 Å². The SMILES string of the molecule is Cc1ccc(C(=O)N[C@@H](Cc2ccc(OCCc3ccc4c(n3)NCCC4)cn2)C(=O)O)c(F)c1. The zero-order valence-corrected chi connectivity index (χ0v) is 19.4. The molecule has 35 heavy (non-hydrogen) atoms. The highest BCUT2D eigenvalue weighted by molar-refractivity contribution is 5.96. The zero-order chi connectivity index (χ0) is 24.8. The smallest absolute Gasteiger partial charge is 0.326 e. The first kappa shape index (κ1) is 24.1. The summed E-state index contributed by atoms with van der Waals surface area (Å²) in [6.07, 6.45) is 4.25. The number of anilines is 1. The molecule has 0 saturated heterocycles. The standard InChI is InChI=1S/C26H27FN4O4/c1-16-4-9-21(22(27)13-16)25(32)31-23(26(33)34)14-19-7-8-20(15-29-19)35-12-10-18-6-5-17-3-2-11-28-24(17)30-18/h4-9,13,15,23H,2-3,10-12,14H2,1H3,(H,28,30)(H,31,32)(H,33,34)/t23-/m0/s1. The minimum atomic E-state index is -1.26. The third-order valence-electron chi connectivity index (χ3n) is 5.76. The number of nitrogens with one attached hydrogen (secondary N) is 2. The van der Waals surface area contributed by atoms with Gasteiger partial charge >= 0.3 is 5.97 Å². The van der Waals surface area contributed by atoms with Crippen molar-refractivity contribution in [3.63, 3.8) is 0 Å². The maximum atomic E-state index is 14.1. The number of benzene rings is 1. The zero-order valence-electron chi connectivity index (χ0n) is 19.4. The Bertz CT molecular complexity index is 1220. The lowest BCUT2D eigenvalue weighted by Gasteiger charge is -2.17. The normalized spacial score (nSPS) is 13.3. The number of fused-ring (bicyclic) bond motifs is 1. The summed E-state index contributed by atoms with van der Waals surface area (Å²) in [6, 6.07) is 10.3. The topological polar surface area (TPSA) is 113 Å². The Morgan fingerprint density at radius 1 is 1.20 bits per heavy atom. The second-order valence-corrected chi connectivity index (χ2v) is 8.48. The van der Waals surface area contributed by atoms with Crippen LogP contribution in [0.1, 0.15) is 39.3 Å². The minimum absolute atomic E-state index is 0.0547. The fourth-order valence-electron chi connectivity index (χ4n) is 3.85. The van der Waals surface area contributed by atoms with Crippen LogP contribution in [-0.2, 0) is 24.1 Å². The number of carbonyl (C=O) groups is 2. The number of amides is 1. The lowest BCUT2D eigenvalue weighted by Crippen LogP contribution is -2.42. The molecule has 3 N–H and O–H groups in total. The summed E-state index contributed by atoms with van der Waals surface area (Å²) in [5.74, 6) is -1.23. The molecule has 182 valence electrons. The number of carboxylic acid groups (broad SMARTS) is 1. The molecule has 8 nitrogen and oxygen atoms in total. The second-order valence-electron chi connectivity index (χ2n) is 8.48. The summed E-state index contributed by atoms with van der Waals surface area (Å²) in [7, 11) is 0. The van der Waals surface area contributed by atoms with Crippen LogP contribution in [0.3, 0.4) is 0 Å². The van der Waals surface area contributed by atoms with Crippen molar-refractivity contribution in [2.24, 2.45) is 0 Å². The number of aliphatic carboxylic acids is 1. The number of carbonyl (C=O) groups excluding carboxylic acids is 1. The highest BCUT2D eigenvalue weighted by atomic mass is 19.1. The van der Waals surface area contributed by atoms with E-state index in [1.165, 1.54) is 23.9 Å². The van der Waals surface area contributed by atoms with Crippen LogP contribution in [0, 0.1) is 12.7 Å². The first-order chi connectivity index (χ1) is 16.9. The number of nitrogens with zero attached hydrogens (tertiary/aromatic N) is 2. The number of pyridine rings is 2. The van der Waals surface area contributed by atoms with E-state index in [0.717, 1.165) is 30.9 Å². The molecule has 0 bridgehead atoms. The summed E-state index contributed by atoms with van der Waals surface area (Å²) in [6.45, 7) is 3.06. The highest BCUT2D eigenvalue weighted by Crippen LogP contribution is 2.20. The largest absolute Gasteiger partial charge is 0.492 e. The van der Waals surface area contributed by atoms with Gasteiger partial charge in [0.25, 0.3) is 5.91 Å². The van der Waals surface area contributed by atoms with Gasteiger partial charge in [-0.05, 0) is 61.2 Å². The Kier molecular flexibility index (Phi) is 7.54. The van der Waals surface area contributed by atoms with Crippen LogP contribution < -0.4 is 15.4 Å². The highest BCUT2D eigenvalue weighted by Gasteiger charge is 2.23. The van der Waals surface area contributed by atoms with E-state index < -0.39 is 23.7 Å². The number of rotatable bonds is 9. The number of hydrogen-bond acceptors (Lipinski definition) is 6. The second kappa shape index (κ2) is 10.9. The van der Waals surface area contributed by atoms with E-state index in [9.17, 15) is 19.1 Å². The molecule has 0 saturated carbocycles. The maximum absolute atomic E-state index is 14.1. The Balaban J connectivity index is 1.30. The van der Waals surface area contributed by atoms with E-state index >= 15 is 0 Å². The van der Waals surface area contributed by atoms with Gasteiger partial charge in [-0.3, -0.25) is 9.78 Å². The average Bonchev–Trinajstić information content (AvgIpc) is 2.84. The van der Waals surface area contributed by atoms with Gasteiger partial charge in [0.05, 0.1) is 18.4 Å². The summed E-state index contributed by atoms with van der Waals surface area (Å²) in [5, 5.41) is 15.2. The summed E-state index contributed by atoms with van der Waals surface area (Å²) in [5.41, 5.74) is 3.09. The lowest BCUT2D eigenvalue weighted by molar-refractivity contribution is -0.139. The summed E-state index contributed by atoms with van der Waals surface area (Å²) < 4.78 is 19.8. The van der Waals surface area contributed by atoms with Gasteiger partial charge in [0.2, 0.25) is 0 Å². The molecular weight excluding hydrogens is 451 g/mol. The van der Waals surface area contributed by atoms with Crippen LogP contribution in [-0.4, -0.2) is 46.1 Å². The van der Waals surface area contributed by atoms with Crippen LogP contribution in [0.5, 0.6) is 5.75 Å². The van der Waals surface area contributed by atoms with Gasteiger partial charge in [0.15, 0.2) is 0 Å². The molecule has 0 aliphatic carbocycles. The van der Waals surface area contributed by atoms with E-state index in [-0.39, 0.29) is 12.0 Å². The molecule has 3 heterocycles. The number of aryl methyl sites for hydroxylation is 2. The number of hydrogen-bond donors (Lipinski definition) is 3. The van der Waals surface area contributed by atoms with Gasteiger partial charge in [0, 0.05) is 30.8 Å². The maximum Gasteiger partial charge on any atom is 0.326 e. The molecule has 1 aliphatic heterocycles. The first-order valence-electron chi connectivity index (χ1n) is 11.5. The summed E-state index contributed by atoms with van der Waals surface area (Å²) >= 11 is 0. The molecule has 1 amide bonds. The van der Waals surface area contributed by atoms with E-state index in [1.807, 2.05) is 6.07 Å². The Morgan fingerprint density at radius 2 is 2.03 bits per heavy atom. The molecule has 2 aromatic heterocycles. The first-order valence-corrected chi connectivity index (χ1v) is 11.5. The molecule has 4 rings (SSSR count). The molecule has 1 aliphatic rings. The van der Waals surface area contributed by atoms with Crippen molar-refractivity contribution in [2.45, 2.75) is 38.6 Å². The number of aromatic nitrogens is 2. The van der Waals surface area contributed by atoms with Gasteiger partial charge < -0.3 is 20.5 Å². The molecule has 1 aromatic carbocycles. The van der Waals surface area contributed by atoms with Crippen molar-refractivity contribution in [3.05, 3.63) is 82.6 Å². The van der Waals surface area contributed by atoms with Crippen molar-refractivity contribution in [2.75, 3.05) is 18.5 Å². The van der Waals surface area contributed by atoms with Gasteiger partial charge in [-0.15, -0.1) is 0 Å². The van der Waals surface area contributed by atoms with Crippen LogP contribution in [0.4, 0.5) is 10.2 Å². The van der Waals surface area contributed by atoms with Crippen LogP contribution in [0.2, 0.25) is 0 Å². The van der Waals surface area contributed by atoms with Crippen molar-refractivity contribution < 1.29 is 23.8 Å². The molecule has 1 atom stereocenters. The molecule has 3 aromatic rings. The van der Waals surface area contributed by atoms with Gasteiger partial charge in [-0.25, -0.2) is 14.2 Å². The lowest BCUT2D eigenvalue weighted by atomic mass is 10.1. The fraction of sp³-hybridized carbons (Fsp3) is 0.308. The van der Waals surface area contributed by atoms with Gasteiger partial charge in [-0.2, -0.15) is 0 Å². The van der Waals surface area contributed by atoms with Crippen LogP contribution in [0.15, 0.2) is 48.7 Å². The van der Waals surface area contributed by atoms with Crippen molar-refractivity contribution in [1.29, 1.82) is 0 Å². The average molecular weight is 479 g/mol. The van der Waals surface area contributed by atoms with E-state index in [1.54, 1.807) is 25.1 Å². The summed E-state index contributed by atoms with van der Waals surface area (Å²) in [4.78, 5) is 33.0. The molecule has 0 spiro atoms. The number of ether oxygens (including phenoxy) is 1. The predicted molar refractivity (Wildman–Crippen MR) is 128 cm³/mol. The van der Waals surface area contributed by atoms with Gasteiger partial charge in [0.1, 0.15) is 23.4 Å². The molecular formula is C26H27FN4O4. The van der Waals surface area contributed by atoms with Crippen molar-refractivity contribution in [3.8, 4) is 5.75 Å². The quantitative estimate of drug-likeness (QED) is 0.432. The van der Waals surface area contributed by atoms with Crippen molar-refractivity contribution in [1.82, 2.24) is 15.3 Å². The van der Waals surface area contributed by atoms with E-state index in [0.29, 0.717) is 30.0 Å². The van der Waals surface area contributed by atoms with Gasteiger partial charge in [-0.1, -0.05) is 12.1 Å². The third kappa shape index (κ3) is 6.32. The van der Waals surface area contributed by atoms with E-state index in [4.69, 9.17) is 4.74 Å². The Hall–Kier alpha value is -4.01. The molecule has 0 radical (unpaired) electrons. The van der Waals surface area contributed by atoms with Crippen LogP contribution in [0.25, 0.3) is 0 Å². The molecule has 0 unspecified atom stereocenters. The number of halogens is 1. The monoisotopic (exact) mass is 478 g/mol. The third-order valence-corrected chi connectivity index (χ3v) is 5.76. The van der Waals surface area contributed by atoms with Crippen molar-refractivity contribution >= 4 is 17.7 Å². The van der Waals surface area contributed by atoms with Crippen LogP contribution >= 0.6 is 0 Å². The predicted octanol–water partition coefficient (Wildman–Crippen LogP) is 3.33.